The van der Waals surface area contributed by atoms with Crippen molar-refractivity contribution in [1.29, 1.82) is 0 Å². The van der Waals surface area contributed by atoms with Crippen LogP contribution in [0, 0.1) is 10.2 Å². The molecular weight excluding hydrogens is 326 g/mol. The van der Waals surface area contributed by atoms with Gasteiger partial charge in [-0.05, 0) is 17.7 Å². The van der Waals surface area contributed by atoms with Crippen LogP contribution < -0.4 is 18.7 Å². The SMILES string of the molecule is COc1cc2c(cc1OC)C[n+]1ccccc1C2.[O-][Cl+](O)(O)O. The molecule has 7 nitrogen and oxygen atoms in total. The van der Waals surface area contributed by atoms with Crippen LogP contribution in [0.25, 0.3) is 0 Å². The topological polar surface area (TPSA) is 106 Å². The molecule has 0 atom stereocenters. The van der Waals surface area contributed by atoms with Crippen LogP contribution in [0.2, 0.25) is 0 Å². The molecule has 0 fully saturated rings. The van der Waals surface area contributed by atoms with Gasteiger partial charge in [0.15, 0.2) is 29.9 Å². The summed E-state index contributed by atoms with van der Waals surface area (Å²) in [5.74, 6) is 1.61. The normalized spacial score (nSPS) is 13.1. The Labute approximate surface area is 135 Å². The van der Waals surface area contributed by atoms with Crippen LogP contribution in [0.15, 0.2) is 36.5 Å². The van der Waals surface area contributed by atoms with Crippen molar-refractivity contribution < 1.29 is 42.9 Å². The van der Waals surface area contributed by atoms with Crippen molar-refractivity contribution in [2.24, 2.45) is 0 Å². The van der Waals surface area contributed by atoms with E-state index in [2.05, 4.69) is 41.1 Å². The zero-order valence-electron chi connectivity index (χ0n) is 12.8. The quantitative estimate of drug-likeness (QED) is 0.519. The Morgan fingerprint density at radius 1 is 1.04 bits per heavy atom. The summed E-state index contributed by atoms with van der Waals surface area (Å²) in [4.78, 5) is 0. The molecule has 2 aromatic rings. The van der Waals surface area contributed by atoms with E-state index in [-0.39, 0.29) is 0 Å². The summed E-state index contributed by atoms with van der Waals surface area (Å²) >= 11 is 0. The number of rotatable bonds is 2. The maximum absolute atomic E-state index is 8.83. The van der Waals surface area contributed by atoms with E-state index in [1.807, 2.05) is 0 Å². The van der Waals surface area contributed by atoms with Crippen molar-refractivity contribution in [1.82, 2.24) is 0 Å². The minimum absolute atomic E-state index is 0.802. The molecule has 0 spiro atoms. The zero-order chi connectivity index (χ0) is 17.0. The van der Waals surface area contributed by atoms with Gasteiger partial charge < -0.3 is 9.47 Å². The van der Waals surface area contributed by atoms with Crippen LogP contribution in [-0.2, 0) is 13.0 Å². The van der Waals surface area contributed by atoms with Crippen LogP contribution in [0.3, 0.4) is 0 Å². The van der Waals surface area contributed by atoms with Crippen LogP contribution in [-0.4, -0.2) is 28.2 Å². The van der Waals surface area contributed by atoms with E-state index in [0.717, 1.165) is 24.5 Å². The first-order valence-corrected chi connectivity index (χ1v) is 8.01. The van der Waals surface area contributed by atoms with Gasteiger partial charge in [-0.1, -0.05) is 6.07 Å². The van der Waals surface area contributed by atoms with E-state index in [4.69, 9.17) is 28.1 Å². The third kappa shape index (κ3) is 4.78. The fraction of sp³-hybridized carbons (Fsp3) is 0.267. The molecule has 1 aliphatic heterocycles. The molecule has 0 bridgehead atoms. The van der Waals surface area contributed by atoms with Crippen molar-refractivity contribution in [2.75, 3.05) is 14.2 Å². The summed E-state index contributed by atoms with van der Waals surface area (Å²) in [7, 11) is -0.843. The average Bonchev–Trinajstić information content (AvgIpc) is 2.49. The van der Waals surface area contributed by atoms with Crippen LogP contribution in [0.4, 0.5) is 0 Å². The summed E-state index contributed by atoms with van der Waals surface area (Å²) in [6.45, 7) is 0.895. The van der Waals surface area contributed by atoms with Gasteiger partial charge in [0.2, 0.25) is 0 Å². The predicted molar refractivity (Wildman–Crippen MR) is 74.7 cm³/mol. The Bertz CT molecular complexity index is 628. The summed E-state index contributed by atoms with van der Waals surface area (Å²) in [6, 6.07) is 10.5. The number of benzene rings is 1. The molecule has 0 unspecified atom stereocenters. The molecule has 0 saturated carbocycles. The van der Waals surface area contributed by atoms with Gasteiger partial charge in [-0.25, -0.2) is 0 Å². The van der Waals surface area contributed by atoms with E-state index in [1.165, 1.54) is 16.8 Å². The zero-order valence-corrected chi connectivity index (χ0v) is 13.5. The van der Waals surface area contributed by atoms with Gasteiger partial charge in [-0.3, -0.25) is 0 Å². The van der Waals surface area contributed by atoms with Gasteiger partial charge in [0.1, 0.15) is 0 Å². The molecular formula is C15H19ClNO6+. The van der Waals surface area contributed by atoms with E-state index in [0.29, 0.717) is 0 Å². The number of pyridine rings is 1. The predicted octanol–water partition coefficient (Wildman–Crippen LogP) is -0.916. The first-order chi connectivity index (χ1) is 10.8. The molecule has 2 heterocycles. The summed E-state index contributed by atoms with van der Waals surface area (Å²) < 4.78 is 43.2. The molecule has 1 aromatic carbocycles. The maximum atomic E-state index is 8.83. The average molecular weight is 345 g/mol. The fourth-order valence-electron chi connectivity index (χ4n) is 2.48. The second kappa shape index (κ2) is 7.12. The Morgan fingerprint density at radius 3 is 2.17 bits per heavy atom. The molecule has 0 amide bonds. The summed E-state index contributed by atoms with van der Waals surface area (Å²) in [5, 5.41) is 0. The third-order valence-corrected chi connectivity index (χ3v) is 3.45. The number of aromatic nitrogens is 1. The Morgan fingerprint density at radius 2 is 1.61 bits per heavy atom. The molecule has 126 valence electrons. The van der Waals surface area contributed by atoms with Crippen LogP contribution in [0.5, 0.6) is 11.5 Å². The minimum atomic E-state index is -4.19. The van der Waals surface area contributed by atoms with Crippen LogP contribution in [0.1, 0.15) is 16.8 Å². The molecule has 3 rings (SSSR count). The van der Waals surface area contributed by atoms with Gasteiger partial charge in [0, 0.05) is 17.7 Å². The van der Waals surface area contributed by atoms with E-state index < -0.39 is 10.2 Å². The van der Waals surface area contributed by atoms with Gasteiger partial charge in [0.25, 0.3) is 0 Å². The van der Waals surface area contributed by atoms with Crippen molar-refractivity contribution in [2.45, 2.75) is 13.0 Å². The Balaban J connectivity index is 0.000000338. The first-order valence-electron chi connectivity index (χ1n) is 6.69. The number of hydrogen-bond donors (Lipinski definition) is 3. The number of methoxy groups -OCH3 is 2. The molecule has 0 aliphatic carbocycles. The number of hydrogen-bond acceptors (Lipinski definition) is 6. The second-order valence-corrected chi connectivity index (χ2v) is 5.77. The van der Waals surface area contributed by atoms with E-state index >= 15 is 0 Å². The molecule has 0 saturated heterocycles. The molecule has 1 aliphatic rings. The Hall–Kier alpha value is -1.90. The number of halogens is 1. The molecule has 1 aromatic heterocycles. The number of fused-ring (bicyclic) bond motifs is 2. The number of ether oxygens (including phenoxy) is 2. The summed E-state index contributed by atoms with van der Waals surface area (Å²) in [6.07, 6.45) is 3.06. The summed E-state index contributed by atoms with van der Waals surface area (Å²) in [5.41, 5.74) is 3.95. The standard InChI is InChI=1S/C15H16NO2.ClH3O4/c1-17-14-8-11-7-13-5-3-4-6-16(13)10-12(11)9-15(14)18-2;2-1(3,4)5/h3-6,8-9H,7,10H2,1-2H3;2-4H/q+1;. The van der Waals surface area contributed by atoms with Crippen molar-refractivity contribution in [3.8, 4) is 11.5 Å². The van der Waals surface area contributed by atoms with E-state index in [1.54, 1.807) is 14.2 Å². The molecule has 0 radical (unpaired) electrons. The monoisotopic (exact) mass is 344 g/mol. The number of nitrogens with zero attached hydrogens (tertiary/aromatic N) is 1. The van der Waals surface area contributed by atoms with Crippen molar-refractivity contribution in [3.63, 3.8) is 0 Å². The Kier molecular flexibility index (Phi) is 5.40. The van der Waals surface area contributed by atoms with Crippen molar-refractivity contribution >= 4 is 0 Å². The molecule has 23 heavy (non-hydrogen) atoms. The van der Waals surface area contributed by atoms with Gasteiger partial charge in [0.05, 0.1) is 20.6 Å². The van der Waals surface area contributed by atoms with Gasteiger partial charge in [-0.2, -0.15) is 4.57 Å². The van der Waals surface area contributed by atoms with Gasteiger partial charge >= 0.3 is 28.9 Å². The van der Waals surface area contributed by atoms with Crippen molar-refractivity contribution in [3.05, 3.63) is 53.3 Å². The molecule has 8 heteroatoms. The van der Waals surface area contributed by atoms with Gasteiger partial charge in [-0.15, -0.1) is 0 Å². The second-order valence-electron chi connectivity index (χ2n) is 4.91. The van der Waals surface area contributed by atoms with Crippen LogP contribution >= 0.6 is 0 Å². The van der Waals surface area contributed by atoms with E-state index in [9.17, 15) is 0 Å². The fourth-order valence-corrected chi connectivity index (χ4v) is 2.48. The molecule has 3 N–H and O–H groups in total. The first kappa shape index (κ1) is 17.5. The third-order valence-electron chi connectivity index (χ3n) is 3.45.